The highest BCUT2D eigenvalue weighted by molar-refractivity contribution is 7.88. The second kappa shape index (κ2) is 6.49. The van der Waals surface area contributed by atoms with E-state index in [9.17, 15) is 13.2 Å². The van der Waals surface area contributed by atoms with Crippen molar-refractivity contribution in [3.05, 3.63) is 0 Å². The Labute approximate surface area is 108 Å². The van der Waals surface area contributed by atoms with Crippen LogP contribution in [0, 0.1) is 5.92 Å². The smallest absolute Gasteiger partial charge is 0.223 e. The van der Waals surface area contributed by atoms with Crippen molar-refractivity contribution in [2.24, 2.45) is 5.92 Å². The molecule has 1 heterocycles. The largest absolute Gasteiger partial charge is 0.394 e. The van der Waals surface area contributed by atoms with Crippen LogP contribution in [0.2, 0.25) is 0 Å². The number of carbonyl (C=O) groups is 1. The third-order valence-corrected chi connectivity index (χ3v) is 4.66. The monoisotopic (exact) mass is 278 g/mol. The van der Waals surface area contributed by atoms with Gasteiger partial charge in [0, 0.05) is 19.0 Å². The second-order valence-corrected chi connectivity index (χ2v) is 6.72. The minimum Gasteiger partial charge on any atom is -0.394 e. The van der Waals surface area contributed by atoms with Gasteiger partial charge in [-0.3, -0.25) is 4.79 Å². The van der Waals surface area contributed by atoms with Gasteiger partial charge in [0.05, 0.1) is 18.9 Å². The number of nitrogens with one attached hydrogen (secondary N) is 1. The lowest BCUT2D eigenvalue weighted by Crippen LogP contribution is -2.45. The van der Waals surface area contributed by atoms with Crippen LogP contribution in [0.15, 0.2) is 0 Å². The molecule has 1 rings (SSSR count). The number of nitrogens with zero attached hydrogens (tertiary/aromatic N) is 1. The zero-order valence-corrected chi connectivity index (χ0v) is 11.7. The quantitative estimate of drug-likeness (QED) is 0.713. The molecule has 0 bridgehead atoms. The number of aliphatic hydroxyl groups is 1. The van der Waals surface area contributed by atoms with E-state index >= 15 is 0 Å². The molecule has 1 atom stereocenters. The van der Waals surface area contributed by atoms with Crippen molar-refractivity contribution in [2.45, 2.75) is 32.2 Å². The fourth-order valence-corrected chi connectivity index (χ4v) is 2.92. The van der Waals surface area contributed by atoms with Gasteiger partial charge < -0.3 is 10.4 Å². The number of sulfonamides is 1. The SMILES string of the molecule is CCC(CO)NC(=O)C1CCN(S(C)(=O)=O)CC1. The lowest BCUT2D eigenvalue weighted by Gasteiger charge is -2.30. The second-order valence-electron chi connectivity index (χ2n) is 4.73. The summed E-state index contributed by atoms with van der Waals surface area (Å²) in [5, 5.41) is 11.8. The summed E-state index contributed by atoms with van der Waals surface area (Å²) in [7, 11) is -3.15. The summed E-state index contributed by atoms with van der Waals surface area (Å²) in [6.45, 7) is 2.62. The fourth-order valence-electron chi connectivity index (χ4n) is 2.05. The van der Waals surface area contributed by atoms with E-state index in [0.29, 0.717) is 32.4 Å². The van der Waals surface area contributed by atoms with Gasteiger partial charge in [-0.05, 0) is 19.3 Å². The molecular formula is C11H22N2O4S. The average molecular weight is 278 g/mol. The maximum absolute atomic E-state index is 11.9. The van der Waals surface area contributed by atoms with Crippen molar-refractivity contribution in [1.29, 1.82) is 0 Å². The van der Waals surface area contributed by atoms with E-state index in [4.69, 9.17) is 5.11 Å². The van der Waals surface area contributed by atoms with Gasteiger partial charge in [-0.25, -0.2) is 12.7 Å². The number of piperidine rings is 1. The van der Waals surface area contributed by atoms with E-state index in [-0.39, 0.29) is 24.5 Å². The molecule has 0 aromatic heterocycles. The van der Waals surface area contributed by atoms with Crippen LogP contribution in [0.1, 0.15) is 26.2 Å². The summed E-state index contributed by atoms with van der Waals surface area (Å²) >= 11 is 0. The summed E-state index contributed by atoms with van der Waals surface area (Å²) in [4.78, 5) is 11.9. The summed E-state index contributed by atoms with van der Waals surface area (Å²) in [5.74, 6) is -0.229. The molecule has 6 nitrogen and oxygen atoms in total. The first-order chi connectivity index (χ1) is 8.38. The van der Waals surface area contributed by atoms with E-state index in [2.05, 4.69) is 5.32 Å². The molecule has 1 fully saturated rings. The summed E-state index contributed by atoms with van der Waals surface area (Å²) in [6.07, 6.45) is 2.96. The molecular weight excluding hydrogens is 256 g/mol. The molecule has 2 N–H and O–H groups in total. The third kappa shape index (κ3) is 4.22. The van der Waals surface area contributed by atoms with E-state index in [1.54, 1.807) is 0 Å². The van der Waals surface area contributed by atoms with E-state index < -0.39 is 10.0 Å². The van der Waals surface area contributed by atoms with Crippen LogP contribution in [-0.4, -0.2) is 55.7 Å². The highest BCUT2D eigenvalue weighted by Crippen LogP contribution is 2.19. The van der Waals surface area contributed by atoms with Crippen LogP contribution in [0.25, 0.3) is 0 Å². The first-order valence-corrected chi connectivity index (χ1v) is 8.09. The summed E-state index contributed by atoms with van der Waals surface area (Å²) in [6, 6.07) is -0.203. The van der Waals surface area contributed by atoms with Gasteiger partial charge in [-0.15, -0.1) is 0 Å². The van der Waals surface area contributed by atoms with Crippen LogP contribution in [-0.2, 0) is 14.8 Å². The molecule has 0 saturated carbocycles. The molecule has 1 amide bonds. The lowest BCUT2D eigenvalue weighted by atomic mass is 9.97. The molecule has 18 heavy (non-hydrogen) atoms. The Kier molecular flexibility index (Phi) is 5.55. The number of carbonyl (C=O) groups excluding carboxylic acids is 1. The molecule has 0 spiro atoms. The zero-order valence-electron chi connectivity index (χ0n) is 10.9. The van der Waals surface area contributed by atoms with Crippen LogP contribution in [0.4, 0.5) is 0 Å². The maximum atomic E-state index is 11.9. The first-order valence-electron chi connectivity index (χ1n) is 6.24. The molecule has 1 unspecified atom stereocenters. The van der Waals surface area contributed by atoms with Crippen LogP contribution in [0.3, 0.4) is 0 Å². The Morgan fingerprint density at radius 2 is 2.00 bits per heavy atom. The van der Waals surface area contributed by atoms with Crippen molar-refractivity contribution in [2.75, 3.05) is 26.0 Å². The van der Waals surface area contributed by atoms with Crippen molar-refractivity contribution in [3.63, 3.8) is 0 Å². The zero-order chi connectivity index (χ0) is 13.8. The molecule has 106 valence electrons. The summed E-state index contributed by atoms with van der Waals surface area (Å²) < 4.78 is 24.1. The predicted molar refractivity (Wildman–Crippen MR) is 68.4 cm³/mol. The average Bonchev–Trinajstić information content (AvgIpc) is 2.34. The Morgan fingerprint density at radius 1 is 1.44 bits per heavy atom. The van der Waals surface area contributed by atoms with Crippen LogP contribution < -0.4 is 5.32 Å². The van der Waals surface area contributed by atoms with Crippen molar-refractivity contribution in [1.82, 2.24) is 9.62 Å². The van der Waals surface area contributed by atoms with Gasteiger partial charge in [0.15, 0.2) is 0 Å². The van der Waals surface area contributed by atoms with Gasteiger partial charge >= 0.3 is 0 Å². The van der Waals surface area contributed by atoms with Gasteiger partial charge in [0.2, 0.25) is 15.9 Å². The first kappa shape index (κ1) is 15.4. The predicted octanol–water partition coefficient (Wildman–Crippen LogP) is -0.455. The highest BCUT2D eigenvalue weighted by atomic mass is 32.2. The van der Waals surface area contributed by atoms with Crippen molar-refractivity contribution < 1.29 is 18.3 Å². The van der Waals surface area contributed by atoms with E-state index in [0.717, 1.165) is 0 Å². The molecule has 0 aromatic carbocycles. The molecule has 1 aliphatic heterocycles. The van der Waals surface area contributed by atoms with Gasteiger partial charge in [0.1, 0.15) is 0 Å². The number of rotatable bonds is 5. The van der Waals surface area contributed by atoms with Gasteiger partial charge in [-0.1, -0.05) is 6.92 Å². The minimum absolute atomic E-state index is 0.0651. The Hall–Kier alpha value is -0.660. The van der Waals surface area contributed by atoms with Gasteiger partial charge in [-0.2, -0.15) is 0 Å². The Bertz CT molecular complexity index is 371. The standard InChI is InChI=1S/C11H22N2O4S/c1-3-10(8-14)12-11(15)9-4-6-13(7-5-9)18(2,16)17/h9-10,14H,3-8H2,1-2H3,(H,12,15). The van der Waals surface area contributed by atoms with Gasteiger partial charge in [0.25, 0.3) is 0 Å². The molecule has 1 aliphatic rings. The number of amides is 1. The maximum Gasteiger partial charge on any atom is 0.223 e. The molecule has 7 heteroatoms. The topological polar surface area (TPSA) is 86.7 Å². The van der Waals surface area contributed by atoms with Crippen LogP contribution >= 0.6 is 0 Å². The number of hydrogen-bond acceptors (Lipinski definition) is 4. The van der Waals surface area contributed by atoms with E-state index in [1.807, 2.05) is 6.92 Å². The Balaban J connectivity index is 2.45. The fraction of sp³-hybridized carbons (Fsp3) is 0.909. The molecule has 1 saturated heterocycles. The summed E-state index contributed by atoms with van der Waals surface area (Å²) in [5.41, 5.74) is 0. The van der Waals surface area contributed by atoms with Crippen LogP contribution in [0.5, 0.6) is 0 Å². The lowest BCUT2D eigenvalue weighted by molar-refractivity contribution is -0.127. The Morgan fingerprint density at radius 3 is 2.39 bits per heavy atom. The number of hydrogen-bond donors (Lipinski definition) is 2. The normalized spacial score (nSPS) is 20.6. The number of aliphatic hydroxyl groups excluding tert-OH is 1. The molecule has 0 aliphatic carbocycles. The highest BCUT2D eigenvalue weighted by Gasteiger charge is 2.29. The molecule has 0 radical (unpaired) electrons. The van der Waals surface area contributed by atoms with E-state index in [1.165, 1.54) is 10.6 Å². The third-order valence-electron chi connectivity index (χ3n) is 3.35. The van der Waals surface area contributed by atoms with Crippen molar-refractivity contribution >= 4 is 15.9 Å². The molecule has 0 aromatic rings. The van der Waals surface area contributed by atoms with Crippen molar-refractivity contribution in [3.8, 4) is 0 Å². The minimum atomic E-state index is -3.15.